The molecule has 2 aromatic carbocycles. The summed E-state index contributed by atoms with van der Waals surface area (Å²) in [5.41, 5.74) is 8.33. The topological polar surface area (TPSA) is 35.2 Å². The fourth-order valence-corrected chi connectivity index (χ4v) is 2.37. The van der Waals surface area contributed by atoms with Crippen LogP contribution in [0.4, 0.5) is 0 Å². The highest BCUT2D eigenvalue weighted by Gasteiger charge is 2.13. The molecular formula is C17H21NO. The lowest BCUT2D eigenvalue weighted by Crippen LogP contribution is -2.06. The van der Waals surface area contributed by atoms with Gasteiger partial charge in [0.1, 0.15) is 5.75 Å². The summed E-state index contributed by atoms with van der Waals surface area (Å²) >= 11 is 0. The van der Waals surface area contributed by atoms with Crippen molar-refractivity contribution in [3.05, 3.63) is 65.7 Å². The number of nitrogens with two attached hydrogens (primary N) is 1. The van der Waals surface area contributed by atoms with E-state index in [0.29, 0.717) is 5.92 Å². The molecule has 2 nitrogen and oxygen atoms in total. The molecule has 0 fully saturated rings. The zero-order valence-corrected chi connectivity index (χ0v) is 11.4. The predicted molar refractivity (Wildman–Crippen MR) is 79.6 cm³/mol. The van der Waals surface area contributed by atoms with E-state index < -0.39 is 0 Å². The Kier molecular flexibility index (Phi) is 4.99. The van der Waals surface area contributed by atoms with Gasteiger partial charge in [0.2, 0.25) is 0 Å². The number of benzene rings is 2. The van der Waals surface area contributed by atoms with Crippen molar-refractivity contribution >= 4 is 0 Å². The van der Waals surface area contributed by atoms with E-state index in [2.05, 4.69) is 42.5 Å². The second kappa shape index (κ2) is 6.95. The molecule has 0 bridgehead atoms. The van der Waals surface area contributed by atoms with Gasteiger partial charge in [-0.1, -0.05) is 42.5 Å². The molecule has 2 N–H and O–H groups in total. The Morgan fingerprint density at radius 3 is 2.16 bits per heavy atom. The summed E-state index contributed by atoms with van der Waals surface area (Å²) < 4.78 is 5.22. The molecule has 19 heavy (non-hydrogen) atoms. The van der Waals surface area contributed by atoms with E-state index in [4.69, 9.17) is 10.5 Å². The Labute approximate surface area is 115 Å². The van der Waals surface area contributed by atoms with Crippen LogP contribution in [0.2, 0.25) is 0 Å². The summed E-state index contributed by atoms with van der Waals surface area (Å²) in [4.78, 5) is 0. The minimum atomic E-state index is 0.413. The van der Waals surface area contributed by atoms with E-state index in [-0.39, 0.29) is 0 Å². The standard InChI is InChI=1S/C17H21NO/c1-19-16-11-9-15(10-12-16)17(8-5-13-18)14-6-3-2-4-7-14/h2-4,6-7,9-12,17H,5,8,13,18H2,1H3. The van der Waals surface area contributed by atoms with Crippen molar-refractivity contribution in [1.82, 2.24) is 0 Å². The maximum Gasteiger partial charge on any atom is 0.118 e. The van der Waals surface area contributed by atoms with E-state index in [1.165, 1.54) is 11.1 Å². The van der Waals surface area contributed by atoms with Crippen molar-refractivity contribution in [3.8, 4) is 5.75 Å². The Bertz CT molecular complexity index is 478. The molecule has 2 aromatic rings. The van der Waals surface area contributed by atoms with Gasteiger partial charge in [-0.2, -0.15) is 0 Å². The van der Waals surface area contributed by atoms with Crippen LogP contribution >= 0.6 is 0 Å². The highest BCUT2D eigenvalue weighted by Crippen LogP contribution is 2.30. The molecule has 100 valence electrons. The van der Waals surface area contributed by atoms with Gasteiger partial charge in [0, 0.05) is 5.92 Å². The summed E-state index contributed by atoms with van der Waals surface area (Å²) in [5.74, 6) is 1.31. The molecule has 0 amide bonds. The van der Waals surface area contributed by atoms with Gasteiger partial charge in [0.25, 0.3) is 0 Å². The van der Waals surface area contributed by atoms with Crippen LogP contribution in [-0.4, -0.2) is 13.7 Å². The summed E-state index contributed by atoms with van der Waals surface area (Å²) in [7, 11) is 1.69. The molecule has 0 aliphatic heterocycles. The van der Waals surface area contributed by atoms with Crippen LogP contribution < -0.4 is 10.5 Å². The van der Waals surface area contributed by atoms with Gasteiger partial charge in [0.05, 0.1) is 7.11 Å². The molecule has 0 radical (unpaired) electrons. The van der Waals surface area contributed by atoms with Crippen LogP contribution in [0.1, 0.15) is 29.9 Å². The van der Waals surface area contributed by atoms with Crippen LogP contribution in [-0.2, 0) is 0 Å². The van der Waals surface area contributed by atoms with Crippen LogP contribution in [0.5, 0.6) is 5.75 Å². The lowest BCUT2D eigenvalue weighted by molar-refractivity contribution is 0.414. The summed E-state index contributed by atoms with van der Waals surface area (Å²) in [6.45, 7) is 0.736. The van der Waals surface area contributed by atoms with Gasteiger partial charge in [-0.05, 0) is 42.6 Å². The second-order valence-electron chi connectivity index (χ2n) is 4.67. The van der Waals surface area contributed by atoms with Crippen LogP contribution in [0.15, 0.2) is 54.6 Å². The van der Waals surface area contributed by atoms with Crippen LogP contribution in [0.25, 0.3) is 0 Å². The minimum Gasteiger partial charge on any atom is -0.497 e. The first-order valence-electron chi connectivity index (χ1n) is 6.74. The Morgan fingerprint density at radius 1 is 0.947 bits per heavy atom. The van der Waals surface area contributed by atoms with E-state index >= 15 is 0 Å². The zero-order valence-electron chi connectivity index (χ0n) is 11.4. The SMILES string of the molecule is COc1ccc(C(CCCN)c2ccccc2)cc1. The van der Waals surface area contributed by atoms with Crippen molar-refractivity contribution in [3.63, 3.8) is 0 Å². The smallest absolute Gasteiger partial charge is 0.118 e. The van der Waals surface area contributed by atoms with Crippen molar-refractivity contribution in [2.24, 2.45) is 5.73 Å². The fourth-order valence-electron chi connectivity index (χ4n) is 2.37. The maximum absolute atomic E-state index is 5.66. The monoisotopic (exact) mass is 255 g/mol. The number of ether oxygens (including phenoxy) is 1. The minimum absolute atomic E-state index is 0.413. The van der Waals surface area contributed by atoms with Gasteiger partial charge < -0.3 is 10.5 Å². The first kappa shape index (κ1) is 13.6. The maximum atomic E-state index is 5.66. The second-order valence-corrected chi connectivity index (χ2v) is 4.67. The molecule has 0 heterocycles. The molecule has 0 aromatic heterocycles. The third-order valence-electron chi connectivity index (χ3n) is 3.42. The summed E-state index contributed by atoms with van der Waals surface area (Å²) in [6, 6.07) is 18.9. The van der Waals surface area contributed by atoms with Crippen LogP contribution in [0.3, 0.4) is 0 Å². The van der Waals surface area contributed by atoms with E-state index in [0.717, 1.165) is 25.1 Å². The Balaban J connectivity index is 2.26. The van der Waals surface area contributed by atoms with E-state index in [9.17, 15) is 0 Å². The lowest BCUT2D eigenvalue weighted by atomic mass is 9.87. The molecule has 0 saturated carbocycles. The fraction of sp³-hybridized carbons (Fsp3) is 0.294. The van der Waals surface area contributed by atoms with Gasteiger partial charge in [-0.3, -0.25) is 0 Å². The van der Waals surface area contributed by atoms with E-state index in [1.807, 2.05) is 12.1 Å². The predicted octanol–water partition coefficient (Wildman–Crippen LogP) is 3.57. The Hall–Kier alpha value is -1.80. The van der Waals surface area contributed by atoms with Crippen LogP contribution in [0, 0.1) is 0 Å². The van der Waals surface area contributed by atoms with Gasteiger partial charge in [-0.15, -0.1) is 0 Å². The van der Waals surface area contributed by atoms with Crippen molar-refractivity contribution in [1.29, 1.82) is 0 Å². The highest BCUT2D eigenvalue weighted by atomic mass is 16.5. The first-order valence-corrected chi connectivity index (χ1v) is 6.74. The molecule has 1 unspecified atom stereocenters. The number of rotatable bonds is 6. The molecule has 2 heteroatoms. The largest absolute Gasteiger partial charge is 0.497 e. The van der Waals surface area contributed by atoms with Gasteiger partial charge >= 0.3 is 0 Å². The normalized spacial score (nSPS) is 12.1. The summed E-state index contributed by atoms with van der Waals surface area (Å²) in [6.07, 6.45) is 2.11. The first-order chi connectivity index (χ1) is 9.35. The van der Waals surface area contributed by atoms with E-state index in [1.54, 1.807) is 7.11 Å². The lowest BCUT2D eigenvalue weighted by Gasteiger charge is -2.18. The third-order valence-corrected chi connectivity index (χ3v) is 3.42. The quantitative estimate of drug-likeness (QED) is 0.856. The number of hydrogen-bond acceptors (Lipinski definition) is 2. The average molecular weight is 255 g/mol. The molecule has 0 spiro atoms. The van der Waals surface area contributed by atoms with Gasteiger partial charge in [0.15, 0.2) is 0 Å². The molecule has 2 rings (SSSR count). The van der Waals surface area contributed by atoms with Crippen molar-refractivity contribution in [2.45, 2.75) is 18.8 Å². The average Bonchev–Trinajstić information content (AvgIpc) is 2.49. The van der Waals surface area contributed by atoms with Crippen molar-refractivity contribution < 1.29 is 4.74 Å². The Morgan fingerprint density at radius 2 is 1.58 bits per heavy atom. The number of methoxy groups -OCH3 is 1. The molecule has 1 atom stereocenters. The molecule has 0 saturated heterocycles. The van der Waals surface area contributed by atoms with Gasteiger partial charge in [-0.25, -0.2) is 0 Å². The summed E-state index contributed by atoms with van der Waals surface area (Å²) in [5, 5.41) is 0. The van der Waals surface area contributed by atoms with Crippen molar-refractivity contribution in [2.75, 3.05) is 13.7 Å². The zero-order chi connectivity index (χ0) is 13.5. The molecular weight excluding hydrogens is 234 g/mol. The third kappa shape index (κ3) is 3.58. The molecule has 0 aliphatic carbocycles. The molecule has 0 aliphatic rings. The highest BCUT2D eigenvalue weighted by molar-refractivity contribution is 5.35. The number of hydrogen-bond donors (Lipinski definition) is 1.